The molecule has 2 aromatic rings. The lowest BCUT2D eigenvalue weighted by molar-refractivity contribution is -0.125. The molecule has 0 fully saturated rings. The molecular weight excluding hydrogens is 258 g/mol. The van der Waals surface area contributed by atoms with Crippen molar-refractivity contribution < 1.29 is 9.21 Å². The van der Waals surface area contributed by atoms with Crippen molar-refractivity contribution in [1.29, 1.82) is 0 Å². The van der Waals surface area contributed by atoms with Crippen molar-refractivity contribution in [3.8, 4) is 0 Å². The van der Waals surface area contributed by atoms with Crippen LogP contribution in [-0.4, -0.2) is 17.9 Å². The number of hydrogen-bond donors (Lipinski definition) is 0. The molecule has 0 bridgehead atoms. The summed E-state index contributed by atoms with van der Waals surface area (Å²) in [5, 5.41) is 2.05. The minimum absolute atomic E-state index is 0.0261. The Bertz CT molecular complexity index is 595. The molecule has 0 radical (unpaired) electrons. The van der Waals surface area contributed by atoms with Crippen LogP contribution in [0.3, 0.4) is 0 Å². The second kappa shape index (κ2) is 5.89. The number of thiophene rings is 1. The summed E-state index contributed by atoms with van der Waals surface area (Å²) in [4.78, 5) is 14.9. The van der Waals surface area contributed by atoms with Crippen molar-refractivity contribution in [2.45, 2.75) is 20.4 Å². The maximum absolute atomic E-state index is 12.0. The first-order valence-electron chi connectivity index (χ1n) is 6.09. The quantitative estimate of drug-likeness (QED) is 0.798. The van der Waals surface area contributed by atoms with Gasteiger partial charge < -0.3 is 9.32 Å². The van der Waals surface area contributed by atoms with Gasteiger partial charge in [0.2, 0.25) is 5.91 Å². The van der Waals surface area contributed by atoms with E-state index in [-0.39, 0.29) is 5.91 Å². The maximum atomic E-state index is 12.0. The predicted molar refractivity (Wildman–Crippen MR) is 78.0 cm³/mol. The molecule has 100 valence electrons. The summed E-state index contributed by atoms with van der Waals surface area (Å²) in [6.45, 7) is 4.58. The van der Waals surface area contributed by atoms with Gasteiger partial charge in [0.05, 0.1) is 6.54 Å². The Morgan fingerprint density at radius 1 is 1.37 bits per heavy atom. The van der Waals surface area contributed by atoms with E-state index in [1.54, 1.807) is 35.4 Å². The Labute approximate surface area is 117 Å². The number of rotatable bonds is 4. The van der Waals surface area contributed by atoms with Gasteiger partial charge in [-0.2, -0.15) is 0 Å². The van der Waals surface area contributed by atoms with Crippen molar-refractivity contribution in [3.05, 3.63) is 51.6 Å². The van der Waals surface area contributed by atoms with E-state index in [1.165, 1.54) is 10.4 Å². The number of carbonyl (C=O) groups is 1. The standard InChI is InChI=1S/C15H17NO2S/c1-11-8-9-19-14(11)10-16(3)15(17)7-6-13-5-4-12(2)18-13/h4-9H,10H2,1-3H3/b7-6+. The van der Waals surface area contributed by atoms with Crippen LogP contribution in [0.15, 0.2) is 34.1 Å². The van der Waals surface area contributed by atoms with Gasteiger partial charge in [-0.15, -0.1) is 11.3 Å². The first kappa shape index (κ1) is 13.6. The van der Waals surface area contributed by atoms with E-state index >= 15 is 0 Å². The smallest absolute Gasteiger partial charge is 0.246 e. The highest BCUT2D eigenvalue weighted by molar-refractivity contribution is 7.10. The number of carbonyl (C=O) groups excluding carboxylic acids is 1. The molecule has 1 amide bonds. The average Bonchev–Trinajstić information content (AvgIpc) is 2.96. The molecule has 0 spiro atoms. The molecule has 0 saturated heterocycles. The molecule has 2 rings (SSSR count). The number of nitrogens with zero attached hydrogens (tertiary/aromatic N) is 1. The summed E-state index contributed by atoms with van der Waals surface area (Å²) >= 11 is 1.68. The van der Waals surface area contributed by atoms with E-state index in [2.05, 4.69) is 13.0 Å². The molecule has 0 aliphatic carbocycles. The van der Waals surface area contributed by atoms with Crippen LogP contribution in [0.25, 0.3) is 6.08 Å². The van der Waals surface area contributed by atoms with E-state index in [4.69, 9.17) is 4.42 Å². The molecule has 2 heterocycles. The van der Waals surface area contributed by atoms with Gasteiger partial charge in [0.1, 0.15) is 11.5 Å². The van der Waals surface area contributed by atoms with Crippen molar-refractivity contribution in [1.82, 2.24) is 4.90 Å². The summed E-state index contributed by atoms with van der Waals surface area (Å²) in [7, 11) is 1.80. The second-order valence-electron chi connectivity index (χ2n) is 4.50. The Morgan fingerprint density at radius 2 is 2.16 bits per heavy atom. The Morgan fingerprint density at radius 3 is 2.74 bits per heavy atom. The highest BCUT2D eigenvalue weighted by Crippen LogP contribution is 2.17. The van der Waals surface area contributed by atoms with Crippen LogP contribution in [0.1, 0.15) is 22.0 Å². The number of hydrogen-bond acceptors (Lipinski definition) is 3. The third-order valence-corrected chi connectivity index (χ3v) is 3.88. The average molecular weight is 275 g/mol. The van der Waals surface area contributed by atoms with E-state index < -0.39 is 0 Å². The molecule has 0 aromatic carbocycles. The Balaban J connectivity index is 1.96. The highest BCUT2D eigenvalue weighted by atomic mass is 32.1. The minimum Gasteiger partial charge on any atom is -0.462 e. The zero-order valence-electron chi connectivity index (χ0n) is 11.3. The summed E-state index contributed by atoms with van der Waals surface area (Å²) in [6.07, 6.45) is 3.24. The maximum Gasteiger partial charge on any atom is 0.246 e. The first-order valence-corrected chi connectivity index (χ1v) is 6.97. The molecular formula is C15H17NO2S. The second-order valence-corrected chi connectivity index (χ2v) is 5.50. The van der Waals surface area contributed by atoms with Gasteiger partial charge in [-0.3, -0.25) is 4.79 Å². The number of amides is 1. The zero-order chi connectivity index (χ0) is 13.8. The molecule has 0 atom stereocenters. The largest absolute Gasteiger partial charge is 0.462 e. The molecule has 0 saturated carbocycles. The van der Waals surface area contributed by atoms with E-state index in [0.717, 1.165) is 5.76 Å². The van der Waals surface area contributed by atoms with Crippen LogP contribution < -0.4 is 0 Å². The predicted octanol–water partition coefficient (Wildman–Crippen LogP) is 3.63. The van der Waals surface area contributed by atoms with Crippen LogP contribution in [0.2, 0.25) is 0 Å². The Hall–Kier alpha value is -1.81. The fourth-order valence-electron chi connectivity index (χ4n) is 1.68. The van der Waals surface area contributed by atoms with E-state index in [9.17, 15) is 4.79 Å². The lowest BCUT2D eigenvalue weighted by Crippen LogP contribution is -2.23. The molecule has 0 N–H and O–H groups in total. The molecule has 3 nitrogen and oxygen atoms in total. The van der Waals surface area contributed by atoms with Crippen LogP contribution in [-0.2, 0) is 11.3 Å². The van der Waals surface area contributed by atoms with Crippen molar-refractivity contribution in [3.63, 3.8) is 0 Å². The zero-order valence-corrected chi connectivity index (χ0v) is 12.2. The normalized spacial score (nSPS) is 11.1. The van der Waals surface area contributed by atoms with Crippen LogP contribution >= 0.6 is 11.3 Å². The van der Waals surface area contributed by atoms with Gasteiger partial charge in [-0.25, -0.2) is 0 Å². The lowest BCUT2D eigenvalue weighted by atomic mass is 10.3. The third-order valence-electron chi connectivity index (χ3n) is 2.88. The fraction of sp³-hybridized carbons (Fsp3) is 0.267. The summed E-state index contributed by atoms with van der Waals surface area (Å²) in [5.41, 5.74) is 1.23. The van der Waals surface area contributed by atoms with Crippen LogP contribution in [0.5, 0.6) is 0 Å². The monoisotopic (exact) mass is 275 g/mol. The molecule has 0 aliphatic heterocycles. The Kier molecular flexibility index (Phi) is 4.22. The fourth-order valence-corrected chi connectivity index (χ4v) is 2.64. The van der Waals surface area contributed by atoms with Crippen LogP contribution in [0.4, 0.5) is 0 Å². The van der Waals surface area contributed by atoms with Gasteiger partial charge in [0.15, 0.2) is 0 Å². The van der Waals surface area contributed by atoms with Crippen LogP contribution in [0, 0.1) is 13.8 Å². The third kappa shape index (κ3) is 3.58. The summed E-state index contributed by atoms with van der Waals surface area (Å²) in [6, 6.07) is 5.80. The molecule has 2 aromatic heterocycles. The van der Waals surface area contributed by atoms with E-state index in [0.29, 0.717) is 12.3 Å². The topological polar surface area (TPSA) is 33.5 Å². The molecule has 4 heteroatoms. The van der Waals surface area contributed by atoms with Crippen molar-refractivity contribution >= 4 is 23.3 Å². The molecule has 0 unspecified atom stereocenters. The van der Waals surface area contributed by atoms with Gasteiger partial charge in [0.25, 0.3) is 0 Å². The van der Waals surface area contributed by atoms with Crippen molar-refractivity contribution in [2.75, 3.05) is 7.05 Å². The summed E-state index contributed by atoms with van der Waals surface area (Å²) in [5.74, 6) is 1.52. The molecule has 19 heavy (non-hydrogen) atoms. The summed E-state index contributed by atoms with van der Waals surface area (Å²) < 4.78 is 5.38. The van der Waals surface area contributed by atoms with Crippen molar-refractivity contribution in [2.24, 2.45) is 0 Å². The molecule has 0 aliphatic rings. The highest BCUT2D eigenvalue weighted by Gasteiger charge is 2.08. The number of likely N-dealkylation sites (N-methyl/N-ethyl adjacent to an activating group) is 1. The SMILES string of the molecule is Cc1ccc(/C=C/C(=O)N(C)Cc2sccc2C)o1. The minimum atomic E-state index is -0.0261. The number of aryl methyl sites for hydroxylation is 2. The van der Waals surface area contributed by atoms with Gasteiger partial charge >= 0.3 is 0 Å². The lowest BCUT2D eigenvalue weighted by Gasteiger charge is -2.14. The van der Waals surface area contributed by atoms with Gasteiger partial charge in [-0.1, -0.05) is 0 Å². The van der Waals surface area contributed by atoms with E-state index in [1.807, 2.05) is 24.4 Å². The van der Waals surface area contributed by atoms with Gasteiger partial charge in [0, 0.05) is 18.0 Å². The van der Waals surface area contributed by atoms with Gasteiger partial charge in [-0.05, 0) is 49.1 Å². The number of furan rings is 1. The first-order chi connectivity index (χ1) is 9.06.